The normalized spacial score (nSPS) is 11.5. The summed E-state index contributed by atoms with van der Waals surface area (Å²) in [6.45, 7) is 6.03. The minimum absolute atomic E-state index is 0.0952. The van der Waals surface area contributed by atoms with Crippen molar-refractivity contribution in [3.8, 4) is 22.5 Å². The Hall–Kier alpha value is -4.35. The van der Waals surface area contributed by atoms with E-state index in [2.05, 4.69) is 15.4 Å². The number of anilines is 1. The summed E-state index contributed by atoms with van der Waals surface area (Å²) in [4.78, 5) is 30.2. The zero-order valence-electron chi connectivity index (χ0n) is 20.0. The van der Waals surface area contributed by atoms with Gasteiger partial charge in [-0.25, -0.2) is 23.7 Å². The van der Waals surface area contributed by atoms with E-state index in [4.69, 9.17) is 14.9 Å². The number of carbonyl (C=O) groups is 2. The maximum absolute atomic E-state index is 13.4. The van der Waals surface area contributed by atoms with Gasteiger partial charge in [0, 0.05) is 29.9 Å². The third kappa shape index (κ3) is 7.32. The van der Waals surface area contributed by atoms with Crippen molar-refractivity contribution >= 4 is 23.3 Å². The van der Waals surface area contributed by atoms with Crippen LogP contribution in [0.5, 0.6) is 0 Å². The molecular weight excluding hydrogens is 494 g/mol. The van der Waals surface area contributed by atoms with Crippen LogP contribution in [-0.2, 0) is 9.59 Å². The van der Waals surface area contributed by atoms with Gasteiger partial charge in [0.2, 0.25) is 5.91 Å². The predicted molar refractivity (Wildman–Crippen MR) is 128 cm³/mol. The molecule has 0 aliphatic heterocycles. The minimum Gasteiger partial charge on any atom is -0.475 e. The third-order valence-corrected chi connectivity index (χ3v) is 4.74. The van der Waals surface area contributed by atoms with Gasteiger partial charge in [-0.1, -0.05) is 20.8 Å². The van der Waals surface area contributed by atoms with E-state index in [0.29, 0.717) is 23.6 Å². The van der Waals surface area contributed by atoms with Gasteiger partial charge in [-0.2, -0.15) is 18.3 Å². The van der Waals surface area contributed by atoms with Gasteiger partial charge < -0.3 is 10.4 Å². The fourth-order valence-corrected chi connectivity index (χ4v) is 3.27. The van der Waals surface area contributed by atoms with Gasteiger partial charge >= 0.3 is 12.1 Å². The lowest BCUT2D eigenvalue weighted by molar-refractivity contribution is -0.192. The number of benzene rings is 1. The Morgan fingerprint density at radius 2 is 1.65 bits per heavy atom. The molecule has 4 rings (SSSR count). The fraction of sp³-hybridized carbons (Fsp3) is 0.240. The quantitative estimate of drug-likeness (QED) is 0.341. The Bertz CT molecular complexity index is 1410. The summed E-state index contributed by atoms with van der Waals surface area (Å²) in [6.07, 6.45) is -1.38. The first kappa shape index (κ1) is 27.2. The number of nitrogens with zero attached hydrogens (tertiary/aromatic N) is 4. The van der Waals surface area contributed by atoms with Crippen molar-refractivity contribution in [2.75, 3.05) is 5.32 Å². The second kappa shape index (κ2) is 10.7. The van der Waals surface area contributed by atoms with Crippen molar-refractivity contribution in [3.63, 3.8) is 0 Å². The number of carboxylic acids is 1. The van der Waals surface area contributed by atoms with Crippen LogP contribution in [0.3, 0.4) is 0 Å². The van der Waals surface area contributed by atoms with Crippen molar-refractivity contribution < 1.29 is 32.3 Å². The number of carboxylic acid groups (broad SMARTS) is 1. The number of rotatable bonds is 4. The highest BCUT2D eigenvalue weighted by molar-refractivity contribution is 5.91. The summed E-state index contributed by atoms with van der Waals surface area (Å²) in [5.74, 6) is -2.71. The van der Waals surface area contributed by atoms with E-state index >= 15 is 0 Å². The lowest BCUT2D eigenvalue weighted by Crippen LogP contribution is -2.21. The van der Waals surface area contributed by atoms with Gasteiger partial charge in [-0.15, -0.1) is 0 Å². The van der Waals surface area contributed by atoms with Crippen molar-refractivity contribution in [1.82, 2.24) is 19.6 Å². The highest BCUT2D eigenvalue weighted by Crippen LogP contribution is 2.33. The molecule has 2 N–H and O–H groups in total. The maximum atomic E-state index is 13.4. The average Bonchev–Trinajstić information content (AvgIpc) is 3.18. The molecule has 0 aliphatic rings. The topological polar surface area (TPSA) is 109 Å². The molecule has 8 nitrogen and oxygen atoms in total. The summed E-state index contributed by atoms with van der Waals surface area (Å²) in [7, 11) is 0. The van der Waals surface area contributed by atoms with E-state index in [1.165, 1.54) is 12.1 Å². The molecule has 1 aromatic carbocycles. The lowest BCUT2D eigenvalue weighted by atomic mass is 9.92. The van der Waals surface area contributed by atoms with Crippen LogP contribution in [0, 0.1) is 11.2 Å². The molecule has 194 valence electrons. The molecule has 3 heterocycles. The molecule has 0 radical (unpaired) electrons. The van der Waals surface area contributed by atoms with Gasteiger partial charge in [-0.3, -0.25) is 4.79 Å². The number of aromatic nitrogens is 4. The average molecular weight is 517 g/mol. The molecular formula is C25H23F4N5O3. The largest absolute Gasteiger partial charge is 0.490 e. The molecule has 0 aliphatic carbocycles. The highest BCUT2D eigenvalue weighted by Gasteiger charge is 2.38. The molecule has 37 heavy (non-hydrogen) atoms. The highest BCUT2D eigenvalue weighted by atomic mass is 19.4. The molecule has 4 aromatic rings. The monoisotopic (exact) mass is 517 g/mol. The molecule has 12 heteroatoms. The molecule has 0 unspecified atom stereocenters. The Labute approximate surface area is 209 Å². The summed E-state index contributed by atoms with van der Waals surface area (Å²) >= 11 is 0. The lowest BCUT2D eigenvalue weighted by Gasteiger charge is -2.17. The van der Waals surface area contributed by atoms with Crippen LogP contribution in [0.25, 0.3) is 28.2 Å². The van der Waals surface area contributed by atoms with Crippen LogP contribution in [0.4, 0.5) is 23.4 Å². The zero-order chi connectivity index (χ0) is 27.4. The fourth-order valence-electron chi connectivity index (χ4n) is 3.27. The number of aliphatic carboxylic acids is 1. The molecule has 0 fully saturated rings. The molecule has 0 atom stereocenters. The SMILES string of the molecule is CC(C)(C)CC(=O)Nc1cc(-c2c(-c3ccc(F)cc3)nc3cccnn23)ccn1.O=C(O)C(F)(F)F. The maximum Gasteiger partial charge on any atom is 0.490 e. The second-order valence-electron chi connectivity index (χ2n) is 9.13. The number of carbonyl (C=O) groups excluding carboxylic acids is 1. The smallest absolute Gasteiger partial charge is 0.475 e. The molecule has 0 saturated heterocycles. The number of hydrogen-bond acceptors (Lipinski definition) is 5. The number of halogens is 4. The standard InChI is InChI=1S/C23H22FN5O.C2HF3O2/c1-23(2,3)14-20(30)27-18-13-16(10-12-25-18)22-21(15-6-8-17(24)9-7-15)28-19-5-4-11-26-29(19)22;3-2(4,5)1(6)7/h4-13H,14H2,1-3H3,(H,25,27,30);(H,6,7). The molecule has 3 aromatic heterocycles. The first-order chi connectivity index (χ1) is 17.2. The molecule has 1 amide bonds. The Balaban J connectivity index is 0.000000479. The van der Waals surface area contributed by atoms with Crippen LogP contribution >= 0.6 is 0 Å². The first-order valence-corrected chi connectivity index (χ1v) is 10.9. The number of pyridine rings is 1. The van der Waals surface area contributed by atoms with Crippen LogP contribution in [-0.4, -0.2) is 42.7 Å². The van der Waals surface area contributed by atoms with E-state index in [-0.39, 0.29) is 17.1 Å². The molecule has 0 spiro atoms. The van der Waals surface area contributed by atoms with Crippen molar-refractivity contribution in [2.24, 2.45) is 5.41 Å². The van der Waals surface area contributed by atoms with Crippen molar-refractivity contribution in [2.45, 2.75) is 33.4 Å². The van der Waals surface area contributed by atoms with Crippen LogP contribution in [0.15, 0.2) is 60.9 Å². The summed E-state index contributed by atoms with van der Waals surface area (Å²) < 4.78 is 46.9. The molecule has 0 saturated carbocycles. The number of imidazole rings is 1. The molecule has 0 bridgehead atoms. The summed E-state index contributed by atoms with van der Waals surface area (Å²) in [6, 6.07) is 13.5. The number of nitrogens with one attached hydrogen (secondary N) is 1. The number of amides is 1. The Morgan fingerprint density at radius 1 is 1.00 bits per heavy atom. The van der Waals surface area contributed by atoms with Crippen LogP contribution in [0.2, 0.25) is 0 Å². The van der Waals surface area contributed by atoms with Gasteiger partial charge in [0.1, 0.15) is 17.3 Å². The Kier molecular flexibility index (Phi) is 7.90. The van der Waals surface area contributed by atoms with E-state index < -0.39 is 12.1 Å². The van der Waals surface area contributed by atoms with Gasteiger partial charge in [0.05, 0.1) is 5.69 Å². The minimum atomic E-state index is -5.08. The van der Waals surface area contributed by atoms with Crippen molar-refractivity contribution in [1.29, 1.82) is 0 Å². The predicted octanol–water partition coefficient (Wildman–Crippen LogP) is 5.61. The van der Waals surface area contributed by atoms with Gasteiger partial charge in [0.15, 0.2) is 5.65 Å². The number of alkyl halides is 3. The first-order valence-electron chi connectivity index (χ1n) is 10.9. The third-order valence-electron chi connectivity index (χ3n) is 4.74. The zero-order valence-corrected chi connectivity index (χ0v) is 20.0. The number of hydrogen-bond donors (Lipinski definition) is 2. The second-order valence-corrected chi connectivity index (χ2v) is 9.13. The van der Waals surface area contributed by atoms with E-state index in [0.717, 1.165) is 16.8 Å². The summed E-state index contributed by atoms with van der Waals surface area (Å²) in [5.41, 5.74) is 3.52. The Morgan fingerprint density at radius 3 is 2.24 bits per heavy atom. The van der Waals surface area contributed by atoms with Crippen LogP contribution < -0.4 is 5.32 Å². The van der Waals surface area contributed by atoms with E-state index in [1.54, 1.807) is 35.1 Å². The summed E-state index contributed by atoms with van der Waals surface area (Å²) in [5, 5.41) is 14.4. The van der Waals surface area contributed by atoms with Gasteiger partial charge in [-0.05, 0) is 53.9 Å². The number of fused-ring (bicyclic) bond motifs is 1. The van der Waals surface area contributed by atoms with E-state index in [9.17, 15) is 22.4 Å². The van der Waals surface area contributed by atoms with E-state index in [1.807, 2.05) is 39.0 Å². The van der Waals surface area contributed by atoms with Crippen molar-refractivity contribution in [3.05, 3.63) is 66.7 Å². The van der Waals surface area contributed by atoms with Crippen LogP contribution in [0.1, 0.15) is 27.2 Å². The van der Waals surface area contributed by atoms with Gasteiger partial charge in [0.25, 0.3) is 0 Å².